The first kappa shape index (κ1) is 41.1. The Labute approximate surface area is 460 Å². The zero-order valence-corrected chi connectivity index (χ0v) is 42.5. The van der Waals surface area contributed by atoms with Crippen LogP contribution < -0.4 is 9.80 Å². The minimum atomic E-state index is -0.654. The van der Waals surface area contributed by atoms with Gasteiger partial charge in [-0.15, -0.1) is 0 Å². The maximum absolute atomic E-state index is 9.96. The largest absolute Gasteiger partial charge is 0.310 e. The van der Waals surface area contributed by atoms with Crippen LogP contribution in [-0.2, 0) is 5.41 Å². The molecule has 1 aliphatic carbocycles. The fourth-order valence-electron chi connectivity index (χ4n) is 12.6. The summed E-state index contributed by atoms with van der Waals surface area (Å²) in [5, 5.41) is 5.91. The van der Waals surface area contributed by atoms with E-state index in [2.05, 4.69) is 204 Å². The molecule has 0 amide bonds. The Kier molecular flexibility index (Phi) is 9.77. The third-order valence-electron chi connectivity index (χ3n) is 15.9. The normalized spacial score (nSPS) is 13.2. The fourth-order valence-corrected chi connectivity index (χ4v) is 12.6. The van der Waals surface area contributed by atoms with Crippen LogP contribution in [0.1, 0.15) is 27.7 Å². The zero-order valence-electron chi connectivity index (χ0n) is 46.5. The van der Waals surface area contributed by atoms with Gasteiger partial charge in [0.1, 0.15) is 0 Å². The van der Waals surface area contributed by atoms with E-state index in [0.29, 0.717) is 5.56 Å². The van der Waals surface area contributed by atoms with E-state index < -0.39 is 5.41 Å². The molecule has 0 spiro atoms. The monoisotopic (exact) mass is 997 g/mol. The van der Waals surface area contributed by atoms with Crippen molar-refractivity contribution in [2.45, 2.75) is 5.41 Å². The molecule has 0 bridgehead atoms. The zero-order chi connectivity index (χ0) is 55.1. The minimum absolute atomic E-state index is 0.123. The summed E-state index contributed by atoms with van der Waals surface area (Å²) in [6, 6.07) is 99.0. The first-order valence-corrected chi connectivity index (χ1v) is 26.6. The highest BCUT2D eigenvalue weighted by molar-refractivity contribution is 6.12. The summed E-state index contributed by atoms with van der Waals surface area (Å²) in [6.45, 7) is 0. The van der Waals surface area contributed by atoms with Gasteiger partial charge < -0.3 is 14.4 Å². The standard InChI is InChI=1S/C75H51N3/c1-5-24-54(25-6-1)75(55-26-7-2-8-27-55)69-38-17-15-33-64(69)65-48-46-59(50-70(65)75)77(60-47-49-68-67-34-16-18-39-73(67)78(74(68)51-60)57-30-11-4-12-31-57)72-41-21-36-63-61(35-20-37-66(63)72)53-42-44-58(45-43-53)76(56-28-9-3-10-29-56)71-40-19-23-52-22-13-14-32-62(52)71/h1-51H/i42D,43D,44D,45D. The topological polar surface area (TPSA) is 11.4 Å². The van der Waals surface area contributed by atoms with Crippen molar-refractivity contribution in [2.24, 2.45) is 0 Å². The van der Waals surface area contributed by atoms with Crippen LogP contribution in [0.4, 0.5) is 34.1 Å². The molecule has 3 nitrogen and oxygen atoms in total. The molecule has 14 aromatic rings. The highest BCUT2D eigenvalue weighted by Gasteiger charge is 2.46. The van der Waals surface area contributed by atoms with Crippen LogP contribution in [0.15, 0.2) is 309 Å². The van der Waals surface area contributed by atoms with E-state index in [9.17, 15) is 5.48 Å². The smallest absolute Gasteiger partial charge is 0.0714 e. The minimum Gasteiger partial charge on any atom is -0.310 e. The summed E-state index contributed by atoms with van der Waals surface area (Å²) in [6.07, 6.45) is 0. The van der Waals surface area contributed by atoms with Gasteiger partial charge in [-0.05, 0) is 134 Å². The second-order valence-corrected chi connectivity index (χ2v) is 20.1. The predicted molar refractivity (Wildman–Crippen MR) is 328 cm³/mol. The maximum Gasteiger partial charge on any atom is 0.0714 e. The Morgan fingerprint density at radius 3 is 1.59 bits per heavy atom. The van der Waals surface area contributed by atoms with Crippen LogP contribution in [0.25, 0.3) is 71.3 Å². The van der Waals surface area contributed by atoms with Crippen molar-refractivity contribution in [3.8, 4) is 27.9 Å². The van der Waals surface area contributed by atoms with Crippen molar-refractivity contribution >= 4 is 77.5 Å². The lowest BCUT2D eigenvalue weighted by atomic mass is 9.67. The van der Waals surface area contributed by atoms with E-state index in [4.69, 9.17) is 0 Å². The molecule has 1 aromatic heterocycles. The molecule has 0 atom stereocenters. The van der Waals surface area contributed by atoms with Crippen molar-refractivity contribution in [1.82, 2.24) is 4.57 Å². The molecule has 0 fully saturated rings. The predicted octanol–water partition coefficient (Wildman–Crippen LogP) is 20.1. The first-order chi connectivity index (χ1) is 40.4. The van der Waals surface area contributed by atoms with E-state index in [1.165, 1.54) is 33.4 Å². The first-order valence-electron chi connectivity index (χ1n) is 28.6. The molecule has 15 rings (SSSR count). The van der Waals surface area contributed by atoms with Crippen molar-refractivity contribution in [3.05, 3.63) is 332 Å². The van der Waals surface area contributed by atoms with E-state index >= 15 is 0 Å². The molecule has 0 N–H and O–H groups in total. The molecule has 13 aromatic carbocycles. The number of hydrogen-bond donors (Lipinski definition) is 0. The van der Waals surface area contributed by atoms with Crippen LogP contribution in [0.2, 0.25) is 0 Å². The highest BCUT2D eigenvalue weighted by Crippen LogP contribution is 2.58. The third-order valence-corrected chi connectivity index (χ3v) is 15.9. The Balaban J connectivity index is 0.978. The number of para-hydroxylation sites is 3. The average molecular weight is 998 g/mol. The van der Waals surface area contributed by atoms with Crippen LogP contribution in [0, 0.1) is 0 Å². The summed E-state index contributed by atoms with van der Waals surface area (Å²) in [4.78, 5) is 4.24. The summed E-state index contributed by atoms with van der Waals surface area (Å²) in [5.74, 6) is 0. The Morgan fingerprint density at radius 2 is 0.821 bits per heavy atom. The number of hydrogen-bond acceptors (Lipinski definition) is 2. The van der Waals surface area contributed by atoms with Crippen LogP contribution >= 0.6 is 0 Å². The van der Waals surface area contributed by atoms with Crippen molar-refractivity contribution in [1.29, 1.82) is 0 Å². The molecule has 3 heteroatoms. The van der Waals surface area contributed by atoms with Crippen molar-refractivity contribution < 1.29 is 5.48 Å². The molecule has 0 radical (unpaired) electrons. The van der Waals surface area contributed by atoms with Crippen LogP contribution in [0.5, 0.6) is 0 Å². The quantitative estimate of drug-likeness (QED) is 0.135. The van der Waals surface area contributed by atoms with Gasteiger partial charge in [0.2, 0.25) is 0 Å². The second kappa shape index (κ2) is 18.6. The van der Waals surface area contributed by atoms with Gasteiger partial charge in [-0.1, -0.05) is 230 Å². The molecule has 0 aliphatic heterocycles. The third kappa shape index (κ3) is 7.13. The van der Waals surface area contributed by atoms with Gasteiger partial charge in [0.25, 0.3) is 0 Å². The number of rotatable bonds is 10. The van der Waals surface area contributed by atoms with Gasteiger partial charge in [-0.2, -0.15) is 0 Å². The van der Waals surface area contributed by atoms with Crippen molar-refractivity contribution in [2.75, 3.05) is 9.80 Å². The van der Waals surface area contributed by atoms with Gasteiger partial charge in [0, 0.05) is 50.0 Å². The van der Waals surface area contributed by atoms with Gasteiger partial charge >= 0.3 is 0 Å². The lowest BCUT2D eigenvalue weighted by Gasteiger charge is -2.35. The number of anilines is 6. The number of aromatic nitrogens is 1. The summed E-state index contributed by atoms with van der Waals surface area (Å²) < 4.78 is 42.1. The molecule has 0 unspecified atom stereocenters. The van der Waals surface area contributed by atoms with Gasteiger partial charge in [0.15, 0.2) is 0 Å². The fraction of sp³-hybridized carbons (Fsp3) is 0.0133. The maximum atomic E-state index is 9.96. The molecule has 0 saturated heterocycles. The van der Waals surface area contributed by atoms with Gasteiger partial charge in [-0.3, -0.25) is 0 Å². The Hall–Kier alpha value is -10.2. The Bertz CT molecular complexity index is 4740. The molecular formula is C75H51N3. The SMILES string of the molecule is [2H]c1c([2H])c(N(c2ccccc2)c2cccc3ccccc23)c([2H])c([2H])c1-c1cccc2c(N(c3ccc4c(c3)C(c3ccccc3)(c3ccccc3)c3ccccc3-4)c3ccc4c5ccccc5n(-c5ccccc5)c4c3)cccc12. The van der Waals surface area contributed by atoms with Crippen molar-refractivity contribution in [3.63, 3.8) is 0 Å². The van der Waals surface area contributed by atoms with Crippen LogP contribution in [0.3, 0.4) is 0 Å². The highest BCUT2D eigenvalue weighted by atomic mass is 15.2. The van der Waals surface area contributed by atoms with E-state index in [1.807, 2.05) is 95.9 Å². The molecule has 366 valence electrons. The van der Waals surface area contributed by atoms with E-state index in [-0.39, 0.29) is 35.4 Å². The van der Waals surface area contributed by atoms with E-state index in [0.717, 1.165) is 77.5 Å². The summed E-state index contributed by atoms with van der Waals surface area (Å²) in [7, 11) is 0. The summed E-state index contributed by atoms with van der Waals surface area (Å²) >= 11 is 0. The molecule has 1 heterocycles. The van der Waals surface area contributed by atoms with Crippen LogP contribution in [-0.4, -0.2) is 4.57 Å². The number of fused-ring (bicyclic) bond motifs is 8. The molecular weight excluding hydrogens is 943 g/mol. The number of benzene rings is 13. The second-order valence-electron chi connectivity index (χ2n) is 20.1. The van der Waals surface area contributed by atoms with Gasteiger partial charge in [-0.25, -0.2) is 0 Å². The lowest BCUT2D eigenvalue weighted by Crippen LogP contribution is -2.28. The van der Waals surface area contributed by atoms with Gasteiger partial charge in [0.05, 0.1) is 33.3 Å². The Morgan fingerprint density at radius 1 is 0.308 bits per heavy atom. The lowest BCUT2D eigenvalue weighted by molar-refractivity contribution is 0.768. The summed E-state index contributed by atoms with van der Waals surface area (Å²) in [5.41, 5.74) is 15.0. The van der Waals surface area contributed by atoms with E-state index in [1.54, 1.807) is 0 Å². The molecule has 0 saturated carbocycles. The average Bonchev–Trinajstić information content (AvgIpc) is 3.03. The molecule has 1 aliphatic rings. The molecule has 78 heavy (non-hydrogen) atoms. The number of nitrogens with zero attached hydrogens (tertiary/aromatic N) is 3.